The van der Waals surface area contributed by atoms with Gasteiger partial charge in [-0.3, -0.25) is 4.79 Å². The number of benzene rings is 1. The Labute approximate surface area is 208 Å². The Morgan fingerprint density at radius 1 is 1.14 bits per heavy atom. The van der Waals surface area contributed by atoms with Crippen LogP contribution in [0.15, 0.2) is 16.9 Å². The van der Waals surface area contributed by atoms with Gasteiger partial charge in [0, 0.05) is 22.6 Å². The molecule has 0 saturated carbocycles. The fraction of sp³-hybridized carbons (Fsp3) is 0.464. The van der Waals surface area contributed by atoms with Crippen molar-refractivity contribution in [2.75, 3.05) is 13.1 Å². The largest absolute Gasteiger partial charge is 0.458 e. The third kappa shape index (κ3) is 3.00. The van der Waals surface area contributed by atoms with E-state index in [1.807, 2.05) is 20.8 Å². The second-order valence-corrected chi connectivity index (χ2v) is 10.1. The number of hydrogen-bond acceptors (Lipinski definition) is 6. The molecule has 3 aliphatic heterocycles. The highest BCUT2D eigenvalue weighted by Crippen LogP contribution is 2.51. The molecule has 0 amide bonds. The number of cyclic esters (lactones) is 1. The number of hydrogen-bond donors (Lipinski definition) is 2. The Kier molecular flexibility index (Phi) is 5.32. The average Bonchev–Trinajstić information content (AvgIpc) is 3.26. The standard InChI is InChI=1S/C26H24FN3O4.C2H6/c1-12-13-2-3-26(4-6-28-7-5-26)21-15-10-30-19(22(15)29-18(20(13)21)9-17(12)27)8-14-16(24(30)32)11-34-25(33)23(14)31;1-2/h8-9,23,28,31H,2-7,10-11H2,1H3;1-2H3. The molecular formula is C28H30FN3O4. The number of rotatable bonds is 0. The zero-order chi connectivity index (χ0) is 25.4. The number of aryl methyl sites for hydroxylation is 1. The zero-order valence-corrected chi connectivity index (χ0v) is 20.8. The van der Waals surface area contributed by atoms with Gasteiger partial charge in [0.25, 0.3) is 5.56 Å². The van der Waals surface area contributed by atoms with Crippen LogP contribution in [0.5, 0.6) is 0 Å². The third-order valence-electron chi connectivity index (χ3n) is 8.52. The number of nitrogens with one attached hydrogen (secondary N) is 1. The summed E-state index contributed by atoms with van der Waals surface area (Å²) < 4.78 is 21.6. The number of carbonyl (C=O) groups is 1. The molecule has 1 saturated heterocycles. The predicted molar refractivity (Wildman–Crippen MR) is 133 cm³/mol. The van der Waals surface area contributed by atoms with Gasteiger partial charge in [-0.1, -0.05) is 13.8 Å². The van der Waals surface area contributed by atoms with Gasteiger partial charge in [0.2, 0.25) is 0 Å². The fourth-order valence-electron chi connectivity index (χ4n) is 6.73. The van der Waals surface area contributed by atoms with Crippen LogP contribution in [-0.2, 0) is 34.5 Å². The van der Waals surface area contributed by atoms with Crippen LogP contribution in [0.1, 0.15) is 72.6 Å². The Bertz CT molecular complexity index is 1500. The number of aliphatic hydroxyl groups excluding tert-OH is 1. The van der Waals surface area contributed by atoms with Crippen molar-refractivity contribution in [1.82, 2.24) is 14.9 Å². The molecule has 1 spiro atoms. The van der Waals surface area contributed by atoms with Crippen LogP contribution in [0, 0.1) is 12.7 Å². The van der Waals surface area contributed by atoms with Gasteiger partial charge in [0.1, 0.15) is 12.4 Å². The molecule has 7 rings (SSSR count). The van der Waals surface area contributed by atoms with E-state index in [9.17, 15) is 19.1 Å². The maximum atomic E-state index is 14.9. The Morgan fingerprint density at radius 3 is 2.64 bits per heavy atom. The van der Waals surface area contributed by atoms with Gasteiger partial charge in [-0.05, 0) is 73.9 Å². The SMILES string of the molecule is CC.Cc1c(F)cc2nc3c(c4c2c1CCC41CCNCC1)Cn1c-3cc2c(c1=O)COC(=O)C2O. The fourth-order valence-corrected chi connectivity index (χ4v) is 6.73. The van der Waals surface area contributed by atoms with Crippen LogP contribution in [0.3, 0.4) is 0 Å². The highest BCUT2D eigenvalue weighted by Gasteiger charge is 2.44. The van der Waals surface area contributed by atoms with E-state index in [4.69, 9.17) is 9.72 Å². The minimum atomic E-state index is -1.49. The molecule has 36 heavy (non-hydrogen) atoms. The summed E-state index contributed by atoms with van der Waals surface area (Å²) in [4.78, 5) is 30.3. The van der Waals surface area contributed by atoms with Crippen molar-refractivity contribution in [3.05, 3.63) is 61.7 Å². The summed E-state index contributed by atoms with van der Waals surface area (Å²) in [5.41, 5.74) is 6.05. The summed E-state index contributed by atoms with van der Waals surface area (Å²) in [6.07, 6.45) is 2.24. The number of nitrogens with zero attached hydrogens (tertiary/aromatic N) is 2. The zero-order valence-electron chi connectivity index (χ0n) is 20.8. The van der Waals surface area contributed by atoms with E-state index in [2.05, 4.69) is 5.32 Å². The van der Waals surface area contributed by atoms with Crippen LogP contribution in [0.2, 0.25) is 0 Å². The number of pyridine rings is 2. The van der Waals surface area contributed by atoms with Gasteiger partial charge in [-0.25, -0.2) is 14.2 Å². The number of esters is 1. The lowest BCUT2D eigenvalue weighted by Gasteiger charge is -2.43. The molecule has 1 unspecified atom stereocenters. The number of ether oxygens (including phenoxy) is 1. The lowest BCUT2D eigenvalue weighted by atomic mass is 9.63. The molecule has 1 aliphatic carbocycles. The van der Waals surface area contributed by atoms with E-state index in [-0.39, 0.29) is 29.0 Å². The molecule has 1 fully saturated rings. The molecule has 1 atom stereocenters. The van der Waals surface area contributed by atoms with Crippen molar-refractivity contribution in [2.45, 2.75) is 71.1 Å². The Balaban J connectivity index is 0.00000117. The Morgan fingerprint density at radius 2 is 1.89 bits per heavy atom. The molecule has 1 aromatic carbocycles. The van der Waals surface area contributed by atoms with Crippen LogP contribution >= 0.6 is 0 Å². The number of piperidine rings is 1. The molecule has 0 radical (unpaired) electrons. The van der Waals surface area contributed by atoms with Gasteiger partial charge < -0.3 is 19.7 Å². The lowest BCUT2D eigenvalue weighted by Crippen LogP contribution is -2.42. The molecule has 188 valence electrons. The third-order valence-corrected chi connectivity index (χ3v) is 8.52. The van der Waals surface area contributed by atoms with Gasteiger partial charge >= 0.3 is 5.97 Å². The summed E-state index contributed by atoms with van der Waals surface area (Å²) in [5.74, 6) is -1.02. The van der Waals surface area contributed by atoms with Crippen molar-refractivity contribution >= 4 is 16.9 Å². The van der Waals surface area contributed by atoms with Crippen molar-refractivity contribution in [3.8, 4) is 11.4 Å². The van der Waals surface area contributed by atoms with E-state index < -0.39 is 12.1 Å². The molecule has 5 heterocycles. The van der Waals surface area contributed by atoms with Crippen LogP contribution in [-0.4, -0.2) is 33.7 Å². The van der Waals surface area contributed by atoms with Crippen molar-refractivity contribution in [3.63, 3.8) is 0 Å². The summed E-state index contributed by atoms with van der Waals surface area (Å²) in [5, 5.41) is 14.9. The first-order chi connectivity index (χ1) is 17.4. The first-order valence-corrected chi connectivity index (χ1v) is 12.9. The van der Waals surface area contributed by atoms with Crippen molar-refractivity contribution in [1.29, 1.82) is 0 Å². The number of carbonyl (C=O) groups excluding carboxylic acids is 1. The van der Waals surface area contributed by atoms with E-state index in [0.29, 0.717) is 34.6 Å². The Hall–Kier alpha value is -3.10. The first kappa shape index (κ1) is 23.3. The summed E-state index contributed by atoms with van der Waals surface area (Å²) in [6, 6.07) is 3.21. The van der Waals surface area contributed by atoms with Crippen LogP contribution in [0.25, 0.3) is 22.3 Å². The number of fused-ring (bicyclic) bond motifs is 6. The minimum Gasteiger partial charge on any atom is -0.458 e. The summed E-state index contributed by atoms with van der Waals surface area (Å²) in [7, 11) is 0. The smallest absolute Gasteiger partial charge is 0.340 e. The van der Waals surface area contributed by atoms with Gasteiger partial charge in [0.05, 0.1) is 29.0 Å². The minimum absolute atomic E-state index is 0.0440. The number of aromatic nitrogens is 2. The first-order valence-electron chi connectivity index (χ1n) is 12.9. The van der Waals surface area contributed by atoms with Crippen LogP contribution < -0.4 is 10.9 Å². The van der Waals surface area contributed by atoms with E-state index in [1.165, 1.54) is 11.6 Å². The summed E-state index contributed by atoms with van der Waals surface area (Å²) >= 11 is 0. The highest BCUT2D eigenvalue weighted by atomic mass is 19.1. The van der Waals surface area contributed by atoms with E-state index in [1.54, 1.807) is 10.6 Å². The normalized spacial score (nSPS) is 20.8. The van der Waals surface area contributed by atoms with Gasteiger partial charge in [-0.15, -0.1) is 0 Å². The second kappa shape index (κ2) is 8.21. The summed E-state index contributed by atoms with van der Waals surface area (Å²) in [6.45, 7) is 7.91. The molecule has 0 bridgehead atoms. The maximum absolute atomic E-state index is 14.9. The molecular weight excluding hydrogens is 461 g/mol. The van der Waals surface area contributed by atoms with E-state index in [0.717, 1.165) is 55.3 Å². The lowest BCUT2D eigenvalue weighted by molar-refractivity contribution is -0.157. The second-order valence-electron chi connectivity index (χ2n) is 10.1. The maximum Gasteiger partial charge on any atom is 0.340 e. The number of halogens is 1. The molecule has 4 aliphatic rings. The molecule has 7 nitrogen and oxygen atoms in total. The van der Waals surface area contributed by atoms with Crippen molar-refractivity contribution < 1.29 is 19.0 Å². The van der Waals surface area contributed by atoms with E-state index >= 15 is 0 Å². The molecule has 2 N–H and O–H groups in total. The highest BCUT2D eigenvalue weighted by molar-refractivity contribution is 5.93. The molecule has 3 aromatic rings. The predicted octanol–water partition coefficient (Wildman–Crippen LogP) is 3.56. The van der Waals surface area contributed by atoms with Crippen LogP contribution in [0.4, 0.5) is 4.39 Å². The average molecular weight is 492 g/mol. The monoisotopic (exact) mass is 491 g/mol. The van der Waals surface area contributed by atoms with Gasteiger partial charge in [0.15, 0.2) is 6.10 Å². The molecule has 2 aromatic heterocycles. The van der Waals surface area contributed by atoms with Crippen molar-refractivity contribution in [2.24, 2.45) is 0 Å². The van der Waals surface area contributed by atoms with Gasteiger partial charge in [-0.2, -0.15) is 0 Å². The molecule has 8 heteroatoms. The number of aliphatic hydroxyl groups is 1. The quantitative estimate of drug-likeness (QED) is 0.366. The topological polar surface area (TPSA) is 93.5 Å².